The van der Waals surface area contributed by atoms with Crippen LogP contribution in [-0.2, 0) is 21.3 Å². The predicted molar refractivity (Wildman–Crippen MR) is 110 cm³/mol. The monoisotopic (exact) mass is 418 g/mol. The molecule has 1 aliphatic rings. The highest BCUT2D eigenvalue weighted by Gasteiger charge is 2.19. The molecule has 2 N–H and O–H groups in total. The van der Waals surface area contributed by atoms with Gasteiger partial charge in [0.2, 0.25) is 10.0 Å². The number of carbonyl (C=O) groups excluding carboxylic acids is 1. The van der Waals surface area contributed by atoms with Crippen LogP contribution in [0.15, 0.2) is 47.5 Å². The molecular weight excluding hydrogens is 392 g/mol. The molecule has 0 unspecified atom stereocenters. The lowest BCUT2D eigenvalue weighted by atomic mass is 10.2. The summed E-state index contributed by atoms with van der Waals surface area (Å²) in [5, 5.41) is 2.86. The highest BCUT2D eigenvalue weighted by Crippen LogP contribution is 2.19. The van der Waals surface area contributed by atoms with Crippen molar-refractivity contribution in [2.45, 2.75) is 31.3 Å². The number of rotatable bonds is 7. The Morgan fingerprint density at radius 1 is 1.21 bits per heavy atom. The van der Waals surface area contributed by atoms with Crippen molar-refractivity contribution in [2.24, 2.45) is 0 Å². The van der Waals surface area contributed by atoms with Crippen molar-refractivity contribution < 1.29 is 17.9 Å². The minimum absolute atomic E-state index is 0.0641. The zero-order valence-corrected chi connectivity index (χ0v) is 17.4. The standard InChI is InChI=1S/C20H26N4O4S/c1-15(2)23-29(26,27)18-7-3-5-16(13-18)20(25)22-14-17-6-4-8-21-19(17)24-9-11-28-12-10-24/h3-8,13,15,23H,9-12,14H2,1-2H3,(H,22,25). The van der Waals surface area contributed by atoms with Gasteiger partial charge in [-0.25, -0.2) is 18.1 Å². The van der Waals surface area contributed by atoms with E-state index >= 15 is 0 Å². The fourth-order valence-corrected chi connectivity index (χ4v) is 4.39. The van der Waals surface area contributed by atoms with E-state index < -0.39 is 10.0 Å². The molecule has 156 valence electrons. The normalized spacial score (nSPS) is 14.8. The van der Waals surface area contributed by atoms with Crippen molar-refractivity contribution in [3.63, 3.8) is 0 Å². The van der Waals surface area contributed by atoms with Crippen molar-refractivity contribution in [1.82, 2.24) is 15.0 Å². The van der Waals surface area contributed by atoms with E-state index in [1.54, 1.807) is 32.2 Å². The molecule has 1 amide bonds. The summed E-state index contributed by atoms with van der Waals surface area (Å²) in [7, 11) is -3.66. The highest BCUT2D eigenvalue weighted by molar-refractivity contribution is 7.89. The van der Waals surface area contributed by atoms with Crippen LogP contribution in [0.2, 0.25) is 0 Å². The van der Waals surface area contributed by atoms with Gasteiger partial charge in [0.1, 0.15) is 5.82 Å². The molecule has 0 bridgehead atoms. The lowest BCUT2D eigenvalue weighted by Crippen LogP contribution is -2.37. The number of ether oxygens (including phenoxy) is 1. The number of carbonyl (C=O) groups is 1. The molecule has 8 nitrogen and oxygen atoms in total. The minimum Gasteiger partial charge on any atom is -0.378 e. The van der Waals surface area contributed by atoms with Crippen molar-refractivity contribution in [2.75, 3.05) is 31.2 Å². The Bertz CT molecular complexity index is 956. The highest BCUT2D eigenvalue weighted by atomic mass is 32.2. The first kappa shape index (κ1) is 21.2. The molecule has 0 spiro atoms. The van der Waals surface area contributed by atoms with Gasteiger partial charge in [-0.05, 0) is 38.1 Å². The third kappa shape index (κ3) is 5.53. The van der Waals surface area contributed by atoms with Crippen LogP contribution < -0.4 is 14.9 Å². The molecule has 2 heterocycles. The first-order valence-corrected chi connectivity index (χ1v) is 11.0. The van der Waals surface area contributed by atoms with Crippen molar-refractivity contribution in [3.05, 3.63) is 53.7 Å². The van der Waals surface area contributed by atoms with Gasteiger partial charge >= 0.3 is 0 Å². The van der Waals surface area contributed by atoms with Crippen LogP contribution in [0, 0.1) is 0 Å². The zero-order valence-electron chi connectivity index (χ0n) is 16.6. The van der Waals surface area contributed by atoms with Gasteiger partial charge in [0.05, 0.1) is 18.1 Å². The number of pyridine rings is 1. The molecule has 1 aliphatic heterocycles. The van der Waals surface area contributed by atoms with Crippen LogP contribution >= 0.6 is 0 Å². The Morgan fingerprint density at radius 3 is 2.69 bits per heavy atom. The second-order valence-corrected chi connectivity index (χ2v) is 8.79. The Kier molecular flexibility index (Phi) is 6.83. The summed E-state index contributed by atoms with van der Waals surface area (Å²) in [5.41, 5.74) is 1.18. The molecule has 1 fully saturated rings. The molecule has 0 atom stereocenters. The number of morpholine rings is 1. The van der Waals surface area contributed by atoms with E-state index in [2.05, 4.69) is 19.9 Å². The van der Waals surface area contributed by atoms with E-state index in [4.69, 9.17) is 4.74 Å². The topological polar surface area (TPSA) is 101 Å². The maximum absolute atomic E-state index is 12.6. The lowest BCUT2D eigenvalue weighted by molar-refractivity contribution is 0.0950. The summed E-state index contributed by atoms with van der Waals surface area (Å²) in [6, 6.07) is 9.53. The van der Waals surface area contributed by atoms with Crippen LogP contribution in [-0.4, -0.2) is 51.7 Å². The van der Waals surface area contributed by atoms with Gasteiger partial charge in [0.15, 0.2) is 0 Å². The molecule has 0 radical (unpaired) electrons. The first-order valence-electron chi connectivity index (χ1n) is 9.54. The number of hydrogen-bond donors (Lipinski definition) is 2. The van der Waals surface area contributed by atoms with E-state index in [1.807, 2.05) is 12.1 Å². The summed E-state index contributed by atoms with van der Waals surface area (Å²) in [6.45, 7) is 6.58. The zero-order chi connectivity index (χ0) is 20.9. The Labute approximate surface area is 171 Å². The number of amides is 1. The van der Waals surface area contributed by atoms with Crippen molar-refractivity contribution in [1.29, 1.82) is 0 Å². The average molecular weight is 419 g/mol. The number of nitrogens with zero attached hydrogens (tertiary/aromatic N) is 2. The summed E-state index contributed by atoms with van der Waals surface area (Å²) in [6.07, 6.45) is 1.73. The lowest BCUT2D eigenvalue weighted by Gasteiger charge is -2.29. The number of sulfonamides is 1. The number of nitrogens with one attached hydrogen (secondary N) is 2. The number of hydrogen-bond acceptors (Lipinski definition) is 6. The largest absolute Gasteiger partial charge is 0.378 e. The van der Waals surface area contributed by atoms with Crippen LogP contribution in [0.25, 0.3) is 0 Å². The summed E-state index contributed by atoms with van der Waals surface area (Å²) in [5.74, 6) is 0.483. The summed E-state index contributed by atoms with van der Waals surface area (Å²) in [4.78, 5) is 19.3. The van der Waals surface area contributed by atoms with Gasteiger partial charge in [-0.2, -0.15) is 0 Å². The summed E-state index contributed by atoms with van der Waals surface area (Å²) >= 11 is 0. The number of aromatic nitrogens is 1. The smallest absolute Gasteiger partial charge is 0.251 e. The molecular formula is C20H26N4O4S. The molecule has 0 aliphatic carbocycles. The van der Waals surface area contributed by atoms with E-state index in [0.717, 1.165) is 24.5 Å². The molecule has 1 aromatic heterocycles. The molecule has 3 rings (SSSR count). The Hall–Kier alpha value is -2.49. The van der Waals surface area contributed by atoms with Gasteiger partial charge < -0.3 is 15.0 Å². The first-order chi connectivity index (χ1) is 13.9. The van der Waals surface area contributed by atoms with Crippen LogP contribution in [0.1, 0.15) is 29.8 Å². The quantitative estimate of drug-likeness (QED) is 0.707. The van der Waals surface area contributed by atoms with Gasteiger partial charge in [-0.1, -0.05) is 12.1 Å². The van der Waals surface area contributed by atoms with Crippen LogP contribution in [0.3, 0.4) is 0 Å². The Balaban J connectivity index is 1.71. The van der Waals surface area contributed by atoms with Crippen molar-refractivity contribution >= 4 is 21.7 Å². The molecule has 1 saturated heterocycles. The second kappa shape index (κ2) is 9.34. The van der Waals surface area contributed by atoms with Crippen LogP contribution in [0.4, 0.5) is 5.82 Å². The fourth-order valence-electron chi connectivity index (χ4n) is 3.09. The molecule has 9 heteroatoms. The number of benzene rings is 1. The van der Waals surface area contributed by atoms with Gasteiger partial charge in [0, 0.05) is 43.0 Å². The van der Waals surface area contributed by atoms with Gasteiger partial charge in [-0.15, -0.1) is 0 Å². The maximum atomic E-state index is 12.6. The predicted octanol–water partition coefficient (Wildman–Crippen LogP) is 1.53. The third-order valence-electron chi connectivity index (χ3n) is 4.41. The minimum atomic E-state index is -3.66. The Morgan fingerprint density at radius 2 is 1.97 bits per heavy atom. The molecule has 2 aromatic rings. The van der Waals surface area contributed by atoms with Crippen LogP contribution in [0.5, 0.6) is 0 Å². The van der Waals surface area contributed by atoms with Gasteiger partial charge in [0.25, 0.3) is 5.91 Å². The van der Waals surface area contributed by atoms with E-state index in [1.165, 1.54) is 12.1 Å². The van der Waals surface area contributed by atoms with Crippen molar-refractivity contribution in [3.8, 4) is 0 Å². The van der Waals surface area contributed by atoms with E-state index in [9.17, 15) is 13.2 Å². The summed E-state index contributed by atoms with van der Waals surface area (Å²) < 4.78 is 32.6. The third-order valence-corrected chi connectivity index (χ3v) is 6.07. The molecule has 0 saturated carbocycles. The SMILES string of the molecule is CC(C)NS(=O)(=O)c1cccc(C(=O)NCc2cccnc2N2CCOCC2)c1. The maximum Gasteiger partial charge on any atom is 0.251 e. The van der Waals surface area contributed by atoms with Gasteiger partial charge in [-0.3, -0.25) is 4.79 Å². The molecule has 29 heavy (non-hydrogen) atoms. The van der Waals surface area contributed by atoms with E-state index in [0.29, 0.717) is 19.8 Å². The van der Waals surface area contributed by atoms with E-state index in [-0.39, 0.29) is 22.4 Å². The fraction of sp³-hybridized carbons (Fsp3) is 0.400. The second-order valence-electron chi connectivity index (χ2n) is 7.07. The number of anilines is 1. The average Bonchev–Trinajstić information content (AvgIpc) is 2.72. The molecule has 1 aromatic carbocycles.